The number of aliphatic hydroxyl groups excluding tert-OH is 1. The third kappa shape index (κ3) is 4.14. The van der Waals surface area contributed by atoms with Crippen LogP contribution in [0.15, 0.2) is 24.3 Å². The van der Waals surface area contributed by atoms with Gasteiger partial charge in [-0.1, -0.05) is 18.2 Å². The Morgan fingerprint density at radius 3 is 2.90 bits per heavy atom. The number of fused-ring (bicyclic) bond motifs is 5. The number of esters is 1. The van der Waals surface area contributed by atoms with Crippen LogP contribution in [-0.2, 0) is 16.0 Å². The van der Waals surface area contributed by atoms with Crippen LogP contribution in [0.3, 0.4) is 0 Å². The van der Waals surface area contributed by atoms with Gasteiger partial charge in [-0.2, -0.15) is 0 Å². The highest BCUT2D eigenvalue weighted by Gasteiger charge is 2.44. The van der Waals surface area contributed by atoms with Gasteiger partial charge in [0.05, 0.1) is 18.8 Å². The van der Waals surface area contributed by atoms with Gasteiger partial charge in [0, 0.05) is 48.7 Å². The predicted octanol–water partition coefficient (Wildman–Crippen LogP) is 2.04. The minimum atomic E-state index is -0.546. The number of aromatic nitrogens is 1. The van der Waals surface area contributed by atoms with Gasteiger partial charge in [0.15, 0.2) is 0 Å². The van der Waals surface area contributed by atoms with E-state index in [9.17, 15) is 14.7 Å². The van der Waals surface area contributed by atoms with E-state index in [1.807, 2.05) is 6.07 Å². The van der Waals surface area contributed by atoms with Crippen molar-refractivity contribution < 1.29 is 19.4 Å². The molecule has 2 amide bonds. The molecular weight excluding hydrogens is 396 g/mol. The maximum absolute atomic E-state index is 12.8. The summed E-state index contributed by atoms with van der Waals surface area (Å²) in [5.41, 5.74) is 3.73. The quantitative estimate of drug-likeness (QED) is 0.633. The van der Waals surface area contributed by atoms with Gasteiger partial charge in [0.1, 0.15) is 6.54 Å². The monoisotopic (exact) mass is 428 g/mol. The van der Waals surface area contributed by atoms with Crippen LogP contribution in [0.1, 0.15) is 37.6 Å². The zero-order valence-electron chi connectivity index (χ0n) is 18.4. The van der Waals surface area contributed by atoms with Crippen LogP contribution in [0.5, 0.6) is 0 Å². The number of hydrogen-bond acceptors (Lipinski definition) is 5. The van der Waals surface area contributed by atoms with E-state index in [1.165, 1.54) is 16.6 Å². The number of urea groups is 1. The van der Waals surface area contributed by atoms with Gasteiger partial charge in [-0.05, 0) is 38.3 Å². The minimum absolute atomic E-state index is 0.0690. The van der Waals surface area contributed by atoms with Crippen LogP contribution in [0.25, 0.3) is 10.9 Å². The normalized spacial score (nSPS) is 24.2. The molecule has 4 atom stereocenters. The first-order valence-electron chi connectivity index (χ1n) is 11.1. The summed E-state index contributed by atoms with van der Waals surface area (Å²) in [6.07, 6.45) is 1.15. The van der Waals surface area contributed by atoms with Gasteiger partial charge in [0.2, 0.25) is 0 Å². The largest absolute Gasteiger partial charge is 0.465 e. The standard InChI is InChI=1S/C23H32N4O4/c1-4-31-21(29)12-24-23(30)26(3)19-11-20-22-16(15-7-5-6-8-18(15)25-22)9-10-27(20)13-17(19)14(2)28/h5-8,14,17,19-20,25,28H,4,9-13H2,1-3H3,(H,24,30)/t14-,17-,19-,20-/m0/s1. The van der Waals surface area contributed by atoms with Gasteiger partial charge in [0.25, 0.3) is 0 Å². The maximum atomic E-state index is 12.8. The molecule has 8 nitrogen and oxygen atoms in total. The molecule has 0 spiro atoms. The Kier molecular flexibility index (Phi) is 6.20. The van der Waals surface area contributed by atoms with Crippen molar-refractivity contribution in [1.29, 1.82) is 0 Å². The van der Waals surface area contributed by atoms with Gasteiger partial charge in [-0.25, -0.2) is 4.79 Å². The molecule has 1 aromatic carbocycles. The Morgan fingerprint density at radius 1 is 1.39 bits per heavy atom. The van der Waals surface area contributed by atoms with E-state index in [4.69, 9.17) is 4.74 Å². The number of aromatic amines is 1. The Hall–Kier alpha value is -2.58. The number of ether oxygens (including phenoxy) is 1. The van der Waals surface area contributed by atoms with Crippen LogP contribution in [0.2, 0.25) is 0 Å². The summed E-state index contributed by atoms with van der Waals surface area (Å²) in [4.78, 5) is 32.1. The Balaban J connectivity index is 1.56. The molecule has 31 heavy (non-hydrogen) atoms. The molecule has 0 unspecified atom stereocenters. The fourth-order valence-corrected chi connectivity index (χ4v) is 5.20. The number of para-hydroxylation sites is 1. The number of aliphatic hydroxyl groups is 1. The Bertz CT molecular complexity index is 956. The van der Waals surface area contributed by atoms with Gasteiger partial charge in [-0.3, -0.25) is 9.69 Å². The van der Waals surface area contributed by atoms with Crippen LogP contribution in [0, 0.1) is 5.92 Å². The number of nitrogens with one attached hydrogen (secondary N) is 2. The first-order valence-corrected chi connectivity index (χ1v) is 11.1. The zero-order chi connectivity index (χ0) is 22.1. The van der Waals surface area contributed by atoms with Gasteiger partial charge in [-0.15, -0.1) is 0 Å². The molecular formula is C23H32N4O4. The van der Waals surface area contributed by atoms with Crippen molar-refractivity contribution in [1.82, 2.24) is 20.1 Å². The molecule has 0 bridgehead atoms. The van der Waals surface area contributed by atoms with Crippen molar-refractivity contribution in [2.45, 2.75) is 44.9 Å². The average molecular weight is 429 g/mol. The summed E-state index contributed by atoms with van der Waals surface area (Å²) in [6.45, 7) is 5.30. The highest BCUT2D eigenvalue weighted by Crippen LogP contribution is 2.42. The van der Waals surface area contributed by atoms with E-state index in [-0.39, 0.29) is 37.2 Å². The second-order valence-corrected chi connectivity index (χ2v) is 8.61. The van der Waals surface area contributed by atoms with E-state index in [0.717, 1.165) is 31.4 Å². The van der Waals surface area contributed by atoms with E-state index >= 15 is 0 Å². The lowest BCUT2D eigenvalue weighted by atomic mass is 9.80. The molecule has 4 rings (SSSR count). The molecule has 3 heterocycles. The highest BCUT2D eigenvalue weighted by atomic mass is 16.5. The number of nitrogens with zero attached hydrogens (tertiary/aromatic N) is 2. The second kappa shape index (κ2) is 8.88. The van der Waals surface area contributed by atoms with Crippen molar-refractivity contribution in [3.05, 3.63) is 35.5 Å². The van der Waals surface area contributed by atoms with Crippen LogP contribution < -0.4 is 5.32 Å². The van der Waals surface area contributed by atoms with Crippen molar-refractivity contribution >= 4 is 22.9 Å². The molecule has 0 saturated carbocycles. The molecule has 2 aliphatic rings. The molecule has 3 N–H and O–H groups in total. The summed E-state index contributed by atoms with van der Waals surface area (Å²) in [5, 5.41) is 14.4. The number of piperidine rings is 1. The lowest BCUT2D eigenvalue weighted by Crippen LogP contribution is -2.58. The van der Waals surface area contributed by atoms with Crippen molar-refractivity contribution in [3.63, 3.8) is 0 Å². The van der Waals surface area contributed by atoms with E-state index in [1.54, 1.807) is 25.8 Å². The van der Waals surface area contributed by atoms with Crippen LogP contribution in [0.4, 0.5) is 4.79 Å². The second-order valence-electron chi connectivity index (χ2n) is 8.61. The summed E-state index contributed by atoms with van der Waals surface area (Å²) >= 11 is 0. The summed E-state index contributed by atoms with van der Waals surface area (Å²) in [6, 6.07) is 8.05. The number of rotatable bonds is 5. The van der Waals surface area contributed by atoms with Crippen molar-refractivity contribution in [2.24, 2.45) is 5.92 Å². The lowest BCUT2D eigenvalue weighted by molar-refractivity contribution is -0.141. The summed E-state index contributed by atoms with van der Waals surface area (Å²) in [7, 11) is 1.74. The fraction of sp³-hybridized carbons (Fsp3) is 0.565. The molecule has 0 aliphatic carbocycles. The number of carbonyl (C=O) groups excluding carboxylic acids is 2. The smallest absolute Gasteiger partial charge is 0.325 e. The van der Waals surface area contributed by atoms with E-state index in [0.29, 0.717) is 0 Å². The van der Waals surface area contributed by atoms with Crippen LogP contribution in [-0.4, -0.2) is 77.3 Å². The molecule has 1 fully saturated rings. The van der Waals surface area contributed by atoms with E-state index in [2.05, 4.69) is 33.4 Å². The Morgan fingerprint density at radius 2 is 2.16 bits per heavy atom. The number of carbonyl (C=O) groups is 2. The molecule has 8 heteroatoms. The number of amides is 2. The molecule has 2 aliphatic heterocycles. The first kappa shape index (κ1) is 21.6. The fourth-order valence-electron chi connectivity index (χ4n) is 5.20. The maximum Gasteiger partial charge on any atom is 0.325 e. The third-order valence-electron chi connectivity index (χ3n) is 6.80. The molecule has 2 aromatic rings. The number of hydrogen-bond donors (Lipinski definition) is 3. The summed E-state index contributed by atoms with van der Waals surface area (Å²) < 4.78 is 4.89. The van der Waals surface area contributed by atoms with Crippen LogP contribution >= 0.6 is 0 Å². The first-order chi connectivity index (χ1) is 14.9. The molecule has 0 radical (unpaired) electrons. The van der Waals surface area contributed by atoms with Gasteiger partial charge >= 0.3 is 12.0 Å². The molecule has 168 valence electrons. The zero-order valence-corrected chi connectivity index (χ0v) is 18.4. The third-order valence-corrected chi connectivity index (χ3v) is 6.80. The molecule has 1 saturated heterocycles. The summed E-state index contributed by atoms with van der Waals surface area (Å²) in [5.74, 6) is -0.526. The number of benzene rings is 1. The average Bonchev–Trinajstić information content (AvgIpc) is 3.15. The molecule has 1 aromatic heterocycles. The predicted molar refractivity (Wildman–Crippen MR) is 118 cm³/mol. The Labute approximate surface area is 182 Å². The minimum Gasteiger partial charge on any atom is -0.465 e. The van der Waals surface area contributed by atoms with E-state index < -0.39 is 12.1 Å². The lowest BCUT2D eigenvalue weighted by Gasteiger charge is -2.49. The SMILES string of the molecule is CCOC(=O)CNC(=O)N(C)[C@H]1C[C@H]2c3[nH]c4ccccc4c3CCN2C[C@H]1[C@H](C)O. The van der Waals surface area contributed by atoms with Crippen molar-refractivity contribution in [3.8, 4) is 0 Å². The topological polar surface area (TPSA) is 97.9 Å². The number of H-pyrrole nitrogens is 1. The highest BCUT2D eigenvalue weighted by molar-refractivity contribution is 5.85. The van der Waals surface area contributed by atoms with Crippen molar-refractivity contribution in [2.75, 3.05) is 33.3 Å². The van der Waals surface area contributed by atoms with Gasteiger partial charge < -0.3 is 25.0 Å².